The zero-order valence-electron chi connectivity index (χ0n) is 18.1. The van der Waals surface area contributed by atoms with Crippen LogP contribution in [0.2, 0.25) is 0 Å². The van der Waals surface area contributed by atoms with Crippen molar-refractivity contribution in [3.8, 4) is 5.75 Å². The van der Waals surface area contributed by atoms with Crippen molar-refractivity contribution < 1.29 is 14.6 Å². The van der Waals surface area contributed by atoms with Gasteiger partial charge in [0.25, 0.3) is 0 Å². The molecule has 2 aromatic rings. The first-order valence-corrected chi connectivity index (χ1v) is 11.0. The number of benzene rings is 1. The van der Waals surface area contributed by atoms with E-state index in [9.17, 15) is 9.90 Å². The zero-order chi connectivity index (χ0) is 22.7. The van der Waals surface area contributed by atoms with E-state index in [-0.39, 0.29) is 11.9 Å². The second kappa shape index (κ2) is 9.77. The molecule has 32 heavy (non-hydrogen) atoms. The summed E-state index contributed by atoms with van der Waals surface area (Å²) in [5.41, 5.74) is 1.88. The van der Waals surface area contributed by atoms with Crippen LogP contribution in [0.3, 0.4) is 0 Å². The van der Waals surface area contributed by atoms with Crippen LogP contribution in [0.4, 0.5) is 11.5 Å². The molecule has 0 spiro atoms. The van der Waals surface area contributed by atoms with Crippen LogP contribution in [0.15, 0.2) is 46.7 Å². The second-order valence-electron chi connectivity index (χ2n) is 7.99. The number of methoxy groups -OCH3 is 1. The molecule has 1 amide bonds. The highest BCUT2D eigenvalue weighted by molar-refractivity contribution is 6.32. The second-order valence-corrected chi connectivity index (χ2v) is 8.43. The van der Waals surface area contributed by atoms with Gasteiger partial charge in [0, 0.05) is 34.3 Å². The number of carbonyl (C=O) groups is 1. The molecule has 1 aromatic carbocycles. The van der Waals surface area contributed by atoms with Gasteiger partial charge in [0.2, 0.25) is 5.91 Å². The number of amides is 1. The minimum absolute atomic E-state index is 0.233. The van der Waals surface area contributed by atoms with Crippen LogP contribution in [0.1, 0.15) is 25.7 Å². The Hall–Kier alpha value is -2.81. The molecule has 0 saturated carbocycles. The summed E-state index contributed by atoms with van der Waals surface area (Å²) in [6.45, 7) is 1.04. The third-order valence-electron chi connectivity index (χ3n) is 5.79. The Morgan fingerprint density at radius 1 is 1.38 bits per heavy atom. The number of carbonyl (C=O) groups excluding carboxylic acids is 1. The van der Waals surface area contributed by atoms with Gasteiger partial charge in [-0.15, -0.1) is 0 Å². The van der Waals surface area contributed by atoms with E-state index >= 15 is 0 Å². The number of likely N-dealkylation sites (tertiary alicyclic amines) is 1. The van der Waals surface area contributed by atoms with Crippen LogP contribution >= 0.6 is 11.6 Å². The molecule has 168 valence electrons. The van der Waals surface area contributed by atoms with Gasteiger partial charge < -0.3 is 15.2 Å². The maximum atomic E-state index is 12.6. The van der Waals surface area contributed by atoms with Crippen LogP contribution in [-0.2, 0) is 4.79 Å². The number of rotatable bonds is 5. The third kappa shape index (κ3) is 4.98. The number of aromatic nitrogens is 2. The summed E-state index contributed by atoms with van der Waals surface area (Å²) in [5.74, 6) is 0.727. The zero-order valence-corrected chi connectivity index (χ0v) is 18.8. The minimum atomic E-state index is -0.652. The Balaban J connectivity index is 1.64. The Morgan fingerprint density at radius 3 is 2.94 bits per heavy atom. The molecule has 1 saturated heterocycles. The lowest BCUT2D eigenvalue weighted by Gasteiger charge is -2.16. The van der Waals surface area contributed by atoms with E-state index in [0.29, 0.717) is 46.0 Å². The van der Waals surface area contributed by atoms with Crippen molar-refractivity contribution in [2.45, 2.75) is 37.8 Å². The van der Waals surface area contributed by atoms with Crippen LogP contribution in [-0.4, -0.2) is 64.4 Å². The number of likely N-dealkylation sites (N-methyl/N-ethyl adjacent to an activating group) is 1. The number of nitrogens with one attached hydrogen (secondary N) is 1. The predicted octanol–water partition coefficient (Wildman–Crippen LogP) is 3.58. The van der Waals surface area contributed by atoms with Crippen molar-refractivity contribution in [1.82, 2.24) is 14.9 Å². The van der Waals surface area contributed by atoms with Crippen LogP contribution in [0.5, 0.6) is 5.75 Å². The Kier molecular flexibility index (Phi) is 6.83. The van der Waals surface area contributed by atoms with E-state index in [2.05, 4.69) is 32.2 Å². The fraction of sp³-hybridized carbons (Fsp3) is 0.391. The number of aliphatic hydroxyl groups excluding tert-OH is 1. The van der Waals surface area contributed by atoms with Crippen molar-refractivity contribution in [3.63, 3.8) is 0 Å². The van der Waals surface area contributed by atoms with Gasteiger partial charge in [0.15, 0.2) is 5.82 Å². The van der Waals surface area contributed by atoms with Gasteiger partial charge in [-0.05, 0) is 51.4 Å². The first-order chi connectivity index (χ1) is 15.4. The maximum Gasteiger partial charge on any atom is 0.248 e. The van der Waals surface area contributed by atoms with E-state index in [1.807, 2.05) is 6.08 Å². The summed E-state index contributed by atoms with van der Waals surface area (Å²) in [7, 11) is 3.60. The summed E-state index contributed by atoms with van der Waals surface area (Å²) in [6.07, 6.45) is 9.23. The molecule has 1 aromatic heterocycles. The SMILES string of the molecule is COc1cc2ncnc(N=C3C=C(Cl)C(O)CC3)c2cc1NC(=O)C=CC1CCCN1C. The topological polar surface area (TPSA) is 99.9 Å². The maximum absolute atomic E-state index is 12.6. The summed E-state index contributed by atoms with van der Waals surface area (Å²) >= 11 is 6.08. The van der Waals surface area contributed by atoms with Crippen molar-refractivity contribution in [1.29, 1.82) is 0 Å². The molecule has 2 heterocycles. The first kappa shape index (κ1) is 22.4. The molecule has 1 fully saturated rings. The van der Waals surface area contributed by atoms with E-state index in [4.69, 9.17) is 16.3 Å². The number of nitrogens with zero attached hydrogens (tertiary/aromatic N) is 4. The van der Waals surface area contributed by atoms with Crippen molar-refractivity contribution in [2.24, 2.45) is 4.99 Å². The lowest BCUT2D eigenvalue weighted by atomic mass is 10.0. The quantitative estimate of drug-likeness (QED) is 0.668. The number of fused-ring (bicyclic) bond motifs is 1. The molecular weight excluding hydrogens is 430 g/mol. The molecule has 9 heteroatoms. The predicted molar refractivity (Wildman–Crippen MR) is 126 cm³/mol. The summed E-state index contributed by atoms with van der Waals surface area (Å²) < 4.78 is 5.47. The number of allylic oxidation sites excluding steroid dienone is 1. The largest absolute Gasteiger partial charge is 0.494 e. The molecular formula is C23H26ClN5O3. The molecule has 2 atom stereocenters. The van der Waals surface area contributed by atoms with Crippen molar-refractivity contribution in [3.05, 3.63) is 41.7 Å². The number of aliphatic hydroxyl groups is 1. The summed E-state index contributed by atoms with van der Waals surface area (Å²) in [4.78, 5) is 28.1. The lowest BCUT2D eigenvalue weighted by Crippen LogP contribution is -2.23. The number of ether oxygens (including phenoxy) is 1. The molecule has 8 nitrogen and oxygen atoms in total. The van der Waals surface area contributed by atoms with Crippen LogP contribution in [0.25, 0.3) is 10.9 Å². The highest BCUT2D eigenvalue weighted by Gasteiger charge is 2.19. The van der Waals surface area contributed by atoms with Gasteiger partial charge >= 0.3 is 0 Å². The molecule has 2 N–H and O–H groups in total. The Labute approximate surface area is 191 Å². The monoisotopic (exact) mass is 455 g/mol. The molecule has 2 aliphatic rings. The van der Waals surface area contributed by atoms with E-state index < -0.39 is 6.10 Å². The van der Waals surface area contributed by atoms with Crippen molar-refractivity contribution in [2.75, 3.05) is 26.0 Å². The number of hydrogen-bond acceptors (Lipinski definition) is 7. The Morgan fingerprint density at radius 2 is 2.22 bits per heavy atom. The van der Waals surface area contributed by atoms with Gasteiger partial charge in [0.05, 0.1) is 24.4 Å². The molecule has 2 unspecified atom stereocenters. The fourth-order valence-electron chi connectivity index (χ4n) is 3.95. The van der Waals surface area contributed by atoms with Gasteiger partial charge in [-0.1, -0.05) is 17.7 Å². The number of halogens is 1. The average Bonchev–Trinajstić information content (AvgIpc) is 3.19. The Bertz CT molecular complexity index is 1110. The highest BCUT2D eigenvalue weighted by Crippen LogP contribution is 2.34. The first-order valence-electron chi connectivity index (χ1n) is 10.6. The van der Waals surface area contributed by atoms with Gasteiger partial charge in [-0.2, -0.15) is 0 Å². The van der Waals surface area contributed by atoms with Gasteiger partial charge in [-0.3, -0.25) is 9.69 Å². The van der Waals surface area contributed by atoms with Gasteiger partial charge in [-0.25, -0.2) is 15.0 Å². The normalized spacial score (nSPS) is 23.1. The molecule has 0 bridgehead atoms. The standard InChI is InChI=1S/C23H26ClN5O3/c1-29-9-3-4-15(29)6-8-22(31)28-19-11-16-18(12-21(19)32-2)25-13-26-23(16)27-14-5-7-20(30)17(24)10-14/h6,8,10-13,15,20,30H,3-5,7,9H2,1-2H3,(H,28,31). The average molecular weight is 456 g/mol. The third-order valence-corrected chi connectivity index (χ3v) is 6.15. The van der Waals surface area contributed by atoms with E-state index in [1.54, 1.807) is 31.4 Å². The number of hydrogen-bond donors (Lipinski definition) is 2. The summed E-state index contributed by atoms with van der Waals surface area (Å²) in [5, 5.41) is 13.7. The lowest BCUT2D eigenvalue weighted by molar-refractivity contribution is -0.111. The molecule has 1 aliphatic carbocycles. The smallest absolute Gasteiger partial charge is 0.248 e. The molecule has 4 rings (SSSR count). The van der Waals surface area contributed by atoms with Crippen LogP contribution < -0.4 is 10.1 Å². The number of aliphatic imine (C=N–C) groups is 1. The van der Waals surface area contributed by atoms with E-state index in [0.717, 1.165) is 25.1 Å². The summed E-state index contributed by atoms with van der Waals surface area (Å²) in [6, 6.07) is 3.80. The van der Waals surface area contributed by atoms with Crippen LogP contribution in [0, 0.1) is 0 Å². The fourth-order valence-corrected chi connectivity index (χ4v) is 4.19. The molecule has 0 radical (unpaired) electrons. The number of anilines is 1. The van der Waals surface area contributed by atoms with Gasteiger partial charge in [0.1, 0.15) is 12.1 Å². The van der Waals surface area contributed by atoms with Crippen molar-refractivity contribution >= 4 is 45.6 Å². The molecule has 1 aliphatic heterocycles. The highest BCUT2D eigenvalue weighted by atomic mass is 35.5. The van der Waals surface area contributed by atoms with E-state index in [1.165, 1.54) is 6.33 Å². The minimum Gasteiger partial charge on any atom is -0.494 e.